The van der Waals surface area contributed by atoms with Gasteiger partial charge in [-0.1, -0.05) is 30.3 Å². The SMILES string of the molecule is NS(=O)(=O)c1cccc2c1CCNC2C1CCN(CCc2coc3ccccc23)CC1. The van der Waals surface area contributed by atoms with Crippen molar-refractivity contribution in [3.8, 4) is 0 Å². The molecule has 2 aliphatic heterocycles. The van der Waals surface area contributed by atoms with E-state index in [-0.39, 0.29) is 6.04 Å². The van der Waals surface area contributed by atoms with E-state index in [0.29, 0.717) is 17.2 Å². The zero-order valence-electron chi connectivity index (χ0n) is 17.6. The summed E-state index contributed by atoms with van der Waals surface area (Å²) in [5, 5.41) is 10.3. The molecular formula is C24H29N3O3S. The largest absolute Gasteiger partial charge is 0.464 e. The molecule has 164 valence electrons. The number of sulfonamides is 1. The summed E-state index contributed by atoms with van der Waals surface area (Å²) in [5.74, 6) is 0.501. The second-order valence-electron chi connectivity index (χ2n) is 8.74. The van der Waals surface area contributed by atoms with E-state index in [1.165, 1.54) is 10.9 Å². The molecule has 5 rings (SSSR count). The highest BCUT2D eigenvalue weighted by Crippen LogP contribution is 2.36. The topological polar surface area (TPSA) is 88.6 Å². The predicted octanol–water partition coefficient (Wildman–Crippen LogP) is 3.22. The zero-order chi connectivity index (χ0) is 21.4. The van der Waals surface area contributed by atoms with Crippen molar-refractivity contribution in [3.05, 3.63) is 65.4 Å². The van der Waals surface area contributed by atoms with Gasteiger partial charge in [-0.05, 0) is 80.1 Å². The number of rotatable bonds is 5. The molecule has 2 aliphatic rings. The van der Waals surface area contributed by atoms with Gasteiger partial charge in [0.15, 0.2) is 0 Å². The Labute approximate surface area is 183 Å². The number of benzene rings is 2. The lowest BCUT2D eigenvalue weighted by Gasteiger charge is -2.39. The number of nitrogens with zero attached hydrogens (tertiary/aromatic N) is 1. The molecule has 3 N–H and O–H groups in total. The summed E-state index contributed by atoms with van der Waals surface area (Å²) in [6.07, 6.45) is 5.79. The van der Waals surface area contributed by atoms with Crippen LogP contribution >= 0.6 is 0 Å². The third-order valence-electron chi connectivity index (χ3n) is 6.91. The van der Waals surface area contributed by atoms with Crippen LogP contribution in [0.4, 0.5) is 0 Å². The number of furan rings is 1. The molecule has 1 aromatic heterocycles. The predicted molar refractivity (Wildman–Crippen MR) is 121 cm³/mol. The lowest BCUT2D eigenvalue weighted by atomic mass is 9.81. The van der Waals surface area contributed by atoms with E-state index in [1.54, 1.807) is 6.07 Å². The first-order chi connectivity index (χ1) is 15.0. The summed E-state index contributed by atoms with van der Waals surface area (Å²) in [4.78, 5) is 2.82. The van der Waals surface area contributed by atoms with Gasteiger partial charge in [0, 0.05) is 18.0 Å². The van der Waals surface area contributed by atoms with Crippen LogP contribution in [-0.4, -0.2) is 39.5 Å². The second kappa shape index (κ2) is 8.39. The summed E-state index contributed by atoms with van der Waals surface area (Å²) in [6.45, 7) is 3.93. The van der Waals surface area contributed by atoms with Crippen LogP contribution in [0.1, 0.15) is 35.6 Å². The van der Waals surface area contributed by atoms with Gasteiger partial charge in [-0.25, -0.2) is 13.6 Å². The van der Waals surface area contributed by atoms with Gasteiger partial charge in [-0.15, -0.1) is 0 Å². The normalized spacial score (nSPS) is 20.7. The monoisotopic (exact) mass is 439 g/mol. The van der Waals surface area contributed by atoms with E-state index >= 15 is 0 Å². The molecule has 1 saturated heterocycles. The van der Waals surface area contributed by atoms with Crippen molar-refractivity contribution in [1.82, 2.24) is 10.2 Å². The summed E-state index contributed by atoms with van der Waals surface area (Å²) in [7, 11) is -3.70. The van der Waals surface area contributed by atoms with Gasteiger partial charge in [0.1, 0.15) is 5.58 Å². The first-order valence-corrected chi connectivity index (χ1v) is 12.6. The van der Waals surface area contributed by atoms with Crippen LogP contribution in [0.5, 0.6) is 0 Å². The van der Waals surface area contributed by atoms with Gasteiger partial charge in [0.05, 0.1) is 11.2 Å². The molecule has 6 nitrogen and oxygen atoms in total. The number of fused-ring (bicyclic) bond motifs is 2. The van der Waals surface area contributed by atoms with Crippen LogP contribution < -0.4 is 10.5 Å². The van der Waals surface area contributed by atoms with Crippen molar-refractivity contribution in [2.45, 2.75) is 36.6 Å². The quantitative estimate of drug-likeness (QED) is 0.637. The zero-order valence-corrected chi connectivity index (χ0v) is 18.4. The fraction of sp³-hybridized carbons (Fsp3) is 0.417. The van der Waals surface area contributed by atoms with Crippen molar-refractivity contribution >= 4 is 21.0 Å². The Morgan fingerprint density at radius 1 is 1.10 bits per heavy atom. The number of para-hydroxylation sites is 1. The van der Waals surface area contributed by atoms with Gasteiger partial charge in [-0.2, -0.15) is 0 Å². The Hall–Kier alpha value is -2.19. The van der Waals surface area contributed by atoms with Crippen LogP contribution in [0.2, 0.25) is 0 Å². The smallest absolute Gasteiger partial charge is 0.238 e. The first kappa shape index (κ1) is 20.7. The Morgan fingerprint density at radius 2 is 1.90 bits per heavy atom. The number of nitrogens with one attached hydrogen (secondary N) is 1. The average molecular weight is 440 g/mol. The maximum Gasteiger partial charge on any atom is 0.238 e. The molecule has 0 bridgehead atoms. The van der Waals surface area contributed by atoms with Gasteiger partial charge in [0.2, 0.25) is 10.0 Å². The van der Waals surface area contributed by atoms with Crippen LogP contribution in [0, 0.1) is 5.92 Å². The van der Waals surface area contributed by atoms with Gasteiger partial charge in [-0.3, -0.25) is 0 Å². The Bertz CT molecular complexity index is 1180. The maximum atomic E-state index is 12.0. The van der Waals surface area contributed by atoms with Crippen LogP contribution in [0.25, 0.3) is 11.0 Å². The van der Waals surface area contributed by atoms with E-state index < -0.39 is 10.0 Å². The fourth-order valence-electron chi connectivity index (χ4n) is 5.31. The number of likely N-dealkylation sites (tertiary alicyclic amines) is 1. The third kappa shape index (κ3) is 4.15. The highest BCUT2D eigenvalue weighted by atomic mass is 32.2. The van der Waals surface area contributed by atoms with Gasteiger partial charge >= 0.3 is 0 Å². The molecule has 0 amide bonds. The molecule has 31 heavy (non-hydrogen) atoms. The number of piperidine rings is 1. The molecule has 0 aliphatic carbocycles. The van der Waals surface area contributed by atoms with Gasteiger partial charge < -0.3 is 14.6 Å². The summed E-state index contributed by atoms with van der Waals surface area (Å²) in [6, 6.07) is 13.9. The van der Waals surface area contributed by atoms with E-state index in [0.717, 1.165) is 62.2 Å². The molecular weight excluding hydrogens is 410 g/mol. The lowest BCUT2D eigenvalue weighted by Crippen LogP contribution is -2.42. The Morgan fingerprint density at radius 3 is 2.71 bits per heavy atom. The fourth-order valence-corrected chi connectivity index (χ4v) is 6.14. The van der Waals surface area contributed by atoms with Crippen LogP contribution in [0.15, 0.2) is 58.0 Å². The second-order valence-corrected chi connectivity index (χ2v) is 10.3. The molecule has 1 fully saturated rings. The molecule has 0 saturated carbocycles. The minimum Gasteiger partial charge on any atom is -0.464 e. The summed E-state index contributed by atoms with van der Waals surface area (Å²) in [5.41, 5.74) is 4.25. The standard InChI is InChI=1S/C24H29N3O3S/c25-31(28,29)23-7-3-5-21-20(23)8-12-26-24(21)17-9-13-27(14-10-17)15-11-18-16-30-22-6-2-1-4-19(18)22/h1-7,16-17,24,26H,8-15H2,(H2,25,28,29). The molecule has 2 aromatic carbocycles. The number of nitrogens with two attached hydrogens (primary N) is 1. The molecule has 0 spiro atoms. The minimum atomic E-state index is -3.70. The maximum absolute atomic E-state index is 12.0. The van der Waals surface area contributed by atoms with Crippen molar-refractivity contribution in [3.63, 3.8) is 0 Å². The average Bonchev–Trinajstić information content (AvgIpc) is 3.20. The Kier molecular flexibility index (Phi) is 5.60. The number of hydrogen-bond donors (Lipinski definition) is 2. The van der Waals surface area contributed by atoms with Crippen molar-refractivity contribution < 1.29 is 12.8 Å². The molecule has 1 atom stereocenters. The van der Waals surface area contributed by atoms with Gasteiger partial charge in [0.25, 0.3) is 0 Å². The van der Waals surface area contributed by atoms with Crippen molar-refractivity contribution in [2.24, 2.45) is 11.1 Å². The van der Waals surface area contributed by atoms with E-state index in [1.807, 2.05) is 24.5 Å². The van der Waals surface area contributed by atoms with Crippen LogP contribution in [-0.2, 0) is 22.9 Å². The highest BCUT2D eigenvalue weighted by Gasteiger charge is 2.32. The van der Waals surface area contributed by atoms with Crippen molar-refractivity contribution in [1.29, 1.82) is 0 Å². The molecule has 1 unspecified atom stereocenters. The molecule has 3 heterocycles. The number of primary sulfonamides is 1. The van der Waals surface area contributed by atoms with E-state index in [9.17, 15) is 8.42 Å². The van der Waals surface area contributed by atoms with E-state index in [2.05, 4.69) is 28.4 Å². The summed E-state index contributed by atoms with van der Waals surface area (Å²) < 4.78 is 29.7. The minimum absolute atomic E-state index is 0.199. The first-order valence-electron chi connectivity index (χ1n) is 11.1. The molecule has 3 aromatic rings. The van der Waals surface area contributed by atoms with E-state index in [4.69, 9.17) is 9.56 Å². The van der Waals surface area contributed by atoms with Crippen LogP contribution in [0.3, 0.4) is 0 Å². The lowest BCUT2D eigenvalue weighted by molar-refractivity contribution is 0.157. The molecule has 0 radical (unpaired) electrons. The molecule has 7 heteroatoms. The Balaban J connectivity index is 1.24. The van der Waals surface area contributed by atoms with Crippen molar-refractivity contribution in [2.75, 3.05) is 26.2 Å². The number of hydrogen-bond acceptors (Lipinski definition) is 5. The summed E-state index contributed by atoms with van der Waals surface area (Å²) >= 11 is 0. The third-order valence-corrected chi connectivity index (χ3v) is 7.91. The highest BCUT2D eigenvalue weighted by molar-refractivity contribution is 7.89.